The van der Waals surface area contributed by atoms with Crippen molar-refractivity contribution in [2.75, 3.05) is 37.3 Å². The lowest BCUT2D eigenvalue weighted by molar-refractivity contribution is 0.410. The van der Waals surface area contributed by atoms with Gasteiger partial charge in [-0.3, -0.25) is 5.10 Å². The molecule has 1 unspecified atom stereocenters. The summed E-state index contributed by atoms with van der Waals surface area (Å²) >= 11 is 0. The predicted molar refractivity (Wildman–Crippen MR) is 112 cm³/mol. The number of benzene rings is 1. The molecule has 0 amide bonds. The number of rotatable bonds is 4. The molecule has 1 fully saturated rings. The minimum absolute atomic E-state index is 0.716. The zero-order valence-electron chi connectivity index (χ0n) is 15.9. The first kappa shape index (κ1) is 18.0. The van der Waals surface area contributed by atoms with E-state index in [4.69, 9.17) is 0 Å². The monoisotopic (exact) mass is 408 g/mol. The van der Waals surface area contributed by atoms with E-state index in [2.05, 4.69) is 36.2 Å². The average molecular weight is 408 g/mol. The lowest BCUT2D eigenvalue weighted by Gasteiger charge is -2.33. The average Bonchev–Trinajstić information content (AvgIpc) is 3.43. The molecule has 4 aromatic rings. The number of nitrogens with zero attached hydrogens (tertiary/aromatic N) is 7. The third-order valence-electron chi connectivity index (χ3n) is 5.16. The third-order valence-corrected chi connectivity index (χ3v) is 6.26. The Morgan fingerprint density at radius 1 is 1.03 bits per heavy atom. The molecule has 0 bridgehead atoms. The van der Waals surface area contributed by atoms with Crippen molar-refractivity contribution >= 4 is 27.7 Å². The SMILES string of the molecule is CS(=O)N1CCN(c2cc(-n3ncc4ccc(-c5ccn[nH]5)cc43)ncn2)CC1. The summed E-state index contributed by atoms with van der Waals surface area (Å²) in [5, 5.41) is 12.6. The first-order valence-corrected chi connectivity index (χ1v) is 10.8. The van der Waals surface area contributed by atoms with Gasteiger partial charge in [-0.05, 0) is 12.1 Å². The molecule has 9 nitrogen and oxygen atoms in total. The zero-order chi connectivity index (χ0) is 19.8. The summed E-state index contributed by atoms with van der Waals surface area (Å²) in [5.41, 5.74) is 2.96. The van der Waals surface area contributed by atoms with E-state index >= 15 is 0 Å². The van der Waals surface area contributed by atoms with Crippen molar-refractivity contribution in [3.8, 4) is 17.1 Å². The van der Waals surface area contributed by atoms with Crippen molar-refractivity contribution in [1.82, 2.24) is 34.3 Å². The van der Waals surface area contributed by atoms with Crippen molar-refractivity contribution in [2.45, 2.75) is 0 Å². The van der Waals surface area contributed by atoms with E-state index in [0.717, 1.165) is 54.2 Å². The van der Waals surface area contributed by atoms with Gasteiger partial charge in [-0.25, -0.2) is 23.2 Å². The van der Waals surface area contributed by atoms with Crippen molar-refractivity contribution in [3.63, 3.8) is 0 Å². The molecule has 29 heavy (non-hydrogen) atoms. The van der Waals surface area contributed by atoms with Crippen LogP contribution in [0.2, 0.25) is 0 Å². The molecule has 0 spiro atoms. The number of H-pyrrole nitrogens is 1. The highest BCUT2D eigenvalue weighted by molar-refractivity contribution is 7.81. The van der Waals surface area contributed by atoms with Crippen LogP contribution in [0.5, 0.6) is 0 Å². The fourth-order valence-electron chi connectivity index (χ4n) is 3.59. The van der Waals surface area contributed by atoms with Crippen molar-refractivity contribution in [1.29, 1.82) is 0 Å². The normalized spacial score (nSPS) is 16.4. The van der Waals surface area contributed by atoms with Crippen molar-refractivity contribution < 1.29 is 4.21 Å². The molecule has 3 aromatic heterocycles. The van der Waals surface area contributed by atoms with E-state index in [1.165, 1.54) is 0 Å². The van der Waals surface area contributed by atoms with Gasteiger partial charge in [0.2, 0.25) is 0 Å². The van der Waals surface area contributed by atoms with Gasteiger partial charge >= 0.3 is 0 Å². The molecule has 148 valence electrons. The minimum Gasteiger partial charge on any atom is -0.354 e. The summed E-state index contributed by atoms with van der Waals surface area (Å²) in [5.74, 6) is 1.57. The topological polar surface area (TPSA) is 95.8 Å². The Kier molecular flexibility index (Phi) is 4.57. The van der Waals surface area contributed by atoms with Gasteiger partial charge in [-0.2, -0.15) is 10.2 Å². The molecule has 1 atom stereocenters. The summed E-state index contributed by atoms with van der Waals surface area (Å²) in [6.45, 7) is 3.06. The summed E-state index contributed by atoms with van der Waals surface area (Å²) in [7, 11) is -0.930. The number of nitrogens with one attached hydrogen (secondary N) is 1. The Morgan fingerprint density at radius 3 is 2.62 bits per heavy atom. The molecule has 4 heterocycles. The zero-order valence-corrected chi connectivity index (χ0v) is 16.7. The molecule has 1 N–H and O–H groups in total. The molecule has 5 rings (SSSR count). The lowest BCUT2D eigenvalue weighted by Crippen LogP contribution is -2.47. The second-order valence-corrected chi connectivity index (χ2v) is 8.24. The van der Waals surface area contributed by atoms with E-state index in [1.807, 2.05) is 39.4 Å². The van der Waals surface area contributed by atoms with Crippen molar-refractivity contribution in [3.05, 3.63) is 49.1 Å². The second-order valence-electron chi connectivity index (χ2n) is 6.87. The molecule has 0 saturated carbocycles. The molecule has 1 saturated heterocycles. The number of piperazine rings is 1. The van der Waals surface area contributed by atoms with Crippen LogP contribution in [0.3, 0.4) is 0 Å². The van der Waals surface area contributed by atoms with Gasteiger partial charge in [0.1, 0.15) is 12.1 Å². The van der Waals surface area contributed by atoms with Crippen LogP contribution in [0.1, 0.15) is 0 Å². The molecule has 0 aliphatic carbocycles. The smallest absolute Gasteiger partial charge is 0.159 e. The summed E-state index contributed by atoms with van der Waals surface area (Å²) in [4.78, 5) is 11.1. The third kappa shape index (κ3) is 3.40. The molecule has 1 aromatic carbocycles. The summed E-state index contributed by atoms with van der Waals surface area (Å²) in [6.07, 6.45) is 6.87. The van der Waals surface area contributed by atoms with Crippen LogP contribution in [-0.4, -0.2) is 70.9 Å². The first-order valence-electron chi connectivity index (χ1n) is 9.32. The van der Waals surface area contributed by atoms with Crippen LogP contribution < -0.4 is 4.90 Å². The quantitative estimate of drug-likeness (QED) is 0.551. The van der Waals surface area contributed by atoms with Crippen LogP contribution in [-0.2, 0) is 11.0 Å². The van der Waals surface area contributed by atoms with Crippen LogP contribution in [0.25, 0.3) is 28.0 Å². The van der Waals surface area contributed by atoms with E-state index < -0.39 is 11.0 Å². The Bertz CT molecular complexity index is 1160. The highest BCUT2D eigenvalue weighted by atomic mass is 32.2. The van der Waals surface area contributed by atoms with Crippen LogP contribution >= 0.6 is 0 Å². The summed E-state index contributed by atoms with van der Waals surface area (Å²) < 4.78 is 15.5. The fourth-order valence-corrected chi connectivity index (χ4v) is 4.26. The van der Waals surface area contributed by atoms with E-state index in [-0.39, 0.29) is 0 Å². The van der Waals surface area contributed by atoms with Gasteiger partial charge in [0.15, 0.2) is 5.82 Å². The largest absolute Gasteiger partial charge is 0.354 e. The highest BCUT2D eigenvalue weighted by Crippen LogP contribution is 2.25. The molecule has 10 heteroatoms. The molecule has 0 radical (unpaired) electrons. The Morgan fingerprint density at radius 2 is 1.86 bits per heavy atom. The summed E-state index contributed by atoms with van der Waals surface area (Å²) in [6, 6.07) is 10.1. The lowest BCUT2D eigenvalue weighted by atomic mass is 10.1. The maximum Gasteiger partial charge on any atom is 0.159 e. The second kappa shape index (κ2) is 7.37. The Balaban J connectivity index is 1.47. The van der Waals surface area contributed by atoms with Gasteiger partial charge in [0.25, 0.3) is 0 Å². The molecule has 1 aliphatic rings. The number of hydrogen-bond acceptors (Lipinski definition) is 6. The van der Waals surface area contributed by atoms with Crippen LogP contribution in [0.4, 0.5) is 5.82 Å². The van der Waals surface area contributed by atoms with Crippen molar-refractivity contribution in [2.24, 2.45) is 0 Å². The highest BCUT2D eigenvalue weighted by Gasteiger charge is 2.20. The fraction of sp³-hybridized carbons (Fsp3) is 0.263. The number of hydrogen-bond donors (Lipinski definition) is 1. The van der Waals surface area contributed by atoms with E-state index in [1.54, 1.807) is 18.8 Å². The minimum atomic E-state index is -0.930. The van der Waals surface area contributed by atoms with Crippen LogP contribution in [0.15, 0.2) is 49.1 Å². The van der Waals surface area contributed by atoms with Gasteiger partial charge in [0, 0.05) is 55.6 Å². The van der Waals surface area contributed by atoms with Gasteiger partial charge in [0.05, 0.1) is 28.4 Å². The maximum atomic E-state index is 11.7. The van der Waals surface area contributed by atoms with Gasteiger partial charge < -0.3 is 4.90 Å². The van der Waals surface area contributed by atoms with Crippen LogP contribution in [0, 0.1) is 0 Å². The molecular weight excluding hydrogens is 388 g/mol. The number of aromatic amines is 1. The van der Waals surface area contributed by atoms with Gasteiger partial charge in [-0.1, -0.05) is 12.1 Å². The number of anilines is 1. The number of aromatic nitrogens is 6. The predicted octanol–water partition coefficient (Wildman–Crippen LogP) is 1.62. The number of fused-ring (bicyclic) bond motifs is 1. The first-order chi connectivity index (χ1) is 14.2. The standard InChI is InChI=1S/C19H20N8OS/c1-29(28)26-8-6-25(7-9-26)18-11-19(21-13-20-18)27-17-10-14(16-4-5-22-24-16)2-3-15(17)12-23-27/h2-5,10-13H,6-9H2,1H3,(H,22,24). The molecule has 1 aliphatic heterocycles. The Hall–Kier alpha value is -3.11. The van der Waals surface area contributed by atoms with Gasteiger partial charge in [-0.15, -0.1) is 0 Å². The van der Waals surface area contributed by atoms with E-state index in [0.29, 0.717) is 5.82 Å². The molecular formula is C19H20N8OS. The van der Waals surface area contributed by atoms with E-state index in [9.17, 15) is 4.21 Å². The maximum absolute atomic E-state index is 11.7. The Labute approximate surface area is 170 Å².